The van der Waals surface area contributed by atoms with Crippen molar-refractivity contribution in [2.45, 2.75) is 105 Å². The zero-order chi connectivity index (χ0) is 40.8. The third-order valence-electron chi connectivity index (χ3n) is 7.67. The lowest BCUT2D eigenvalue weighted by Crippen LogP contribution is -2.46. The summed E-state index contributed by atoms with van der Waals surface area (Å²) in [5, 5.41) is 0. The number of hydrogen-bond donors (Lipinski definition) is 0. The van der Waals surface area contributed by atoms with Gasteiger partial charge in [-0.05, 0) is 102 Å². The first-order valence-corrected chi connectivity index (χ1v) is 30.4. The van der Waals surface area contributed by atoms with Crippen LogP contribution in [0, 0.1) is 11.8 Å². The Bertz CT molecular complexity index is 1630. The Morgan fingerprint density at radius 2 is 0.732 bits per heavy atom. The van der Waals surface area contributed by atoms with Gasteiger partial charge in [0.15, 0.2) is 33.3 Å². The number of esters is 8. The van der Waals surface area contributed by atoms with Crippen molar-refractivity contribution in [2.75, 3.05) is 0 Å². The van der Waals surface area contributed by atoms with Crippen molar-refractivity contribution < 1.29 is 65.5 Å². The minimum atomic E-state index is -2.21. The van der Waals surface area contributed by atoms with E-state index in [-0.39, 0.29) is 27.7 Å². The van der Waals surface area contributed by atoms with Gasteiger partial charge in [0.2, 0.25) is 0 Å². The second kappa shape index (κ2) is 19.8. The largest absolute Gasteiger partial charge is 0.456 e. The molecule has 56 heavy (non-hydrogen) atoms. The highest BCUT2D eigenvalue weighted by molar-refractivity contribution is 6.85. The van der Waals surface area contributed by atoms with Gasteiger partial charge in [0.05, 0.1) is 46.9 Å². The highest BCUT2D eigenvalue weighted by Gasteiger charge is 2.44. The molecule has 0 aliphatic carbocycles. The lowest BCUT2D eigenvalue weighted by Gasteiger charge is -2.35. The fraction of sp³-hybridized carbons (Fsp3) is 0.474. The fourth-order valence-electron chi connectivity index (χ4n) is 6.36. The number of hydrogen-bond acceptors (Lipinski definition) is 14. The first-order valence-electron chi connectivity index (χ1n) is 17.4. The molecule has 2 aromatic rings. The van der Waals surface area contributed by atoms with E-state index in [0.717, 1.165) is 0 Å². The molecule has 14 nitrogen and oxygen atoms in total. The van der Waals surface area contributed by atoms with Crippen molar-refractivity contribution in [1.29, 1.82) is 0 Å². The van der Waals surface area contributed by atoms with Crippen molar-refractivity contribution >= 4 is 81.0 Å². The van der Waals surface area contributed by atoms with Crippen LogP contribution in [0.3, 0.4) is 0 Å². The molecule has 18 heteroatoms. The number of benzene rings is 2. The lowest BCUT2D eigenvalue weighted by molar-refractivity contribution is -0.154. The summed E-state index contributed by atoms with van der Waals surface area (Å²) in [4.78, 5) is 89.0. The van der Waals surface area contributed by atoms with Gasteiger partial charge in [0.1, 0.15) is 0 Å². The molecule has 0 saturated carbocycles. The van der Waals surface area contributed by atoms with Crippen LogP contribution in [0.4, 0.5) is 0 Å². The van der Waals surface area contributed by atoms with Crippen LogP contribution in [0.25, 0.3) is 0 Å². The summed E-state index contributed by atoms with van der Waals surface area (Å²) in [6.07, 6.45) is 0.230. The summed E-state index contributed by atoms with van der Waals surface area (Å²) in [5.41, 5.74) is 1.44. The maximum absolute atomic E-state index is 11.6. The maximum atomic E-state index is 11.6. The normalized spacial score (nSPS) is 18.5. The maximum Gasteiger partial charge on any atom is 0.346 e. The van der Waals surface area contributed by atoms with Crippen molar-refractivity contribution in [3.8, 4) is 0 Å². The number of carbonyl (C=O) groups is 8. The Hall–Kier alpha value is -4.21. The smallest absolute Gasteiger partial charge is 0.346 e. The van der Waals surface area contributed by atoms with E-state index >= 15 is 0 Å². The second-order valence-electron chi connectivity index (χ2n) is 16.2. The number of rotatable bonds is 8. The first-order chi connectivity index (χ1) is 24.8. The predicted octanol–water partition coefficient (Wildman–Crippen LogP) is 7.53. The molecule has 6 rings (SSSR count). The minimum absolute atomic E-state index is 0. The predicted molar refractivity (Wildman–Crippen MR) is 218 cm³/mol. The van der Waals surface area contributed by atoms with E-state index in [9.17, 15) is 38.4 Å². The van der Waals surface area contributed by atoms with Crippen molar-refractivity contribution in [2.24, 2.45) is 11.8 Å². The van der Waals surface area contributed by atoms with Gasteiger partial charge >= 0.3 is 47.8 Å². The molecule has 4 heterocycles. The molecule has 4 aliphatic rings. The summed E-state index contributed by atoms with van der Waals surface area (Å²) in [6.45, 7) is 21.4. The van der Waals surface area contributed by atoms with E-state index in [1.165, 1.54) is 0 Å². The SMILES string of the molecule is C.C.C[Si](C)(C)O[Si](C)(C)C.C[Si](C)(CC1CC(=O)OC1=O)O[Si](C)(C)CC1CC(=O)OC1=O.O=C1OC(=O)c2ccccc21.O=C1OC(=O)c2ccccc21. The van der Waals surface area contributed by atoms with Crippen molar-refractivity contribution in [3.63, 3.8) is 0 Å². The van der Waals surface area contributed by atoms with Gasteiger partial charge in [-0.25, -0.2) is 19.2 Å². The molecule has 0 radical (unpaired) electrons. The third kappa shape index (κ3) is 15.4. The Morgan fingerprint density at radius 1 is 0.464 bits per heavy atom. The minimum Gasteiger partial charge on any atom is -0.456 e. The van der Waals surface area contributed by atoms with Crippen LogP contribution in [0.15, 0.2) is 48.5 Å². The van der Waals surface area contributed by atoms with Crippen LogP contribution >= 0.6 is 0 Å². The van der Waals surface area contributed by atoms with Crippen molar-refractivity contribution in [1.82, 2.24) is 0 Å². The van der Waals surface area contributed by atoms with E-state index in [1.807, 2.05) is 26.2 Å². The van der Waals surface area contributed by atoms with Gasteiger partial charge in [-0.15, -0.1) is 0 Å². The zero-order valence-corrected chi connectivity index (χ0v) is 36.3. The van der Waals surface area contributed by atoms with E-state index in [2.05, 4.69) is 58.2 Å². The summed E-state index contributed by atoms with van der Waals surface area (Å²) in [5.74, 6) is -4.94. The topological polar surface area (TPSA) is 192 Å². The molecule has 0 bridgehead atoms. The molecular weight excluding hydrogens is 793 g/mol. The molecular formula is C38H56O14Si4. The van der Waals surface area contributed by atoms with E-state index in [4.69, 9.17) is 8.23 Å². The summed E-state index contributed by atoms with van der Waals surface area (Å²) < 4.78 is 30.1. The number of carbonyl (C=O) groups excluding carboxylic acids is 8. The molecule has 2 saturated heterocycles. The third-order valence-corrected chi connectivity index (χ3v) is 19.9. The van der Waals surface area contributed by atoms with Gasteiger partial charge in [-0.1, -0.05) is 39.1 Å². The van der Waals surface area contributed by atoms with Crippen molar-refractivity contribution in [3.05, 3.63) is 70.8 Å². The van der Waals surface area contributed by atoms with Gasteiger partial charge in [-0.3, -0.25) is 19.2 Å². The molecule has 2 fully saturated rings. The fourth-order valence-corrected chi connectivity index (χ4v) is 23.4. The molecule has 0 spiro atoms. The monoisotopic (exact) mass is 848 g/mol. The highest BCUT2D eigenvalue weighted by atomic mass is 28.4. The molecule has 4 aliphatic heterocycles. The Kier molecular flexibility index (Phi) is 17.6. The second-order valence-corrected chi connectivity index (χ2v) is 34.1. The van der Waals surface area contributed by atoms with Crippen LogP contribution in [-0.2, 0) is 46.4 Å². The van der Waals surface area contributed by atoms with E-state index in [0.29, 0.717) is 34.3 Å². The first kappa shape index (κ1) is 49.8. The molecule has 308 valence electrons. The lowest BCUT2D eigenvalue weighted by atomic mass is 10.1. The molecule has 0 N–H and O–H groups in total. The number of fused-ring (bicyclic) bond motifs is 2. The molecule has 0 amide bonds. The molecule has 2 atom stereocenters. The van der Waals surface area contributed by atoms with Gasteiger partial charge in [0.25, 0.3) is 0 Å². The number of ether oxygens (including phenoxy) is 4. The van der Waals surface area contributed by atoms with Gasteiger partial charge < -0.3 is 27.2 Å². The average Bonchev–Trinajstić information content (AvgIpc) is 3.69. The van der Waals surface area contributed by atoms with Crippen LogP contribution in [0.1, 0.15) is 69.1 Å². The van der Waals surface area contributed by atoms with Gasteiger partial charge in [-0.2, -0.15) is 0 Å². The summed E-state index contributed by atoms with van der Waals surface area (Å²) >= 11 is 0. The van der Waals surface area contributed by atoms with Gasteiger partial charge in [0, 0.05) is 0 Å². The van der Waals surface area contributed by atoms with Crippen LogP contribution < -0.4 is 0 Å². The number of cyclic esters (lactones) is 8. The van der Waals surface area contributed by atoms with Crippen LogP contribution in [0.2, 0.25) is 77.6 Å². The Morgan fingerprint density at radius 3 is 0.929 bits per heavy atom. The summed E-state index contributed by atoms with van der Waals surface area (Å²) in [7, 11) is -6.89. The zero-order valence-electron chi connectivity index (χ0n) is 32.3. The van der Waals surface area contributed by atoms with E-state index < -0.39 is 92.9 Å². The molecule has 2 unspecified atom stereocenters. The Balaban J connectivity index is 0.000000401. The van der Waals surface area contributed by atoms with Crippen LogP contribution in [0.5, 0.6) is 0 Å². The Labute approximate surface area is 333 Å². The quantitative estimate of drug-likeness (QED) is 0.110. The van der Waals surface area contributed by atoms with E-state index in [1.54, 1.807) is 48.5 Å². The van der Waals surface area contributed by atoms with Crippen LogP contribution in [-0.4, -0.2) is 81.0 Å². The summed E-state index contributed by atoms with van der Waals surface area (Å²) in [6, 6.07) is 14.1. The molecule has 2 aromatic carbocycles. The highest BCUT2D eigenvalue weighted by Crippen LogP contribution is 2.33. The molecule has 0 aromatic heterocycles. The average molecular weight is 849 g/mol. The standard InChI is InChI=1S/C14H22O7Si2.2C8H4O3.C6H18OSi2.2CH4/c1-22(2,7-9-5-11(15)19-13(9)17)21-23(3,4)8-10-6-12(16)20-14(10)18;2*9-7-5-3-1-2-4-6(5)8(10)11-7;1-8(2,3)7-9(4,5)6;;/h9-10H,5-8H2,1-4H3;2*1-4H;1-6H3;2*1H4.